The van der Waals surface area contributed by atoms with E-state index in [1.807, 2.05) is 25.1 Å². The topological polar surface area (TPSA) is 66.5 Å². The average Bonchev–Trinajstić information content (AvgIpc) is 2.65. The van der Waals surface area contributed by atoms with Crippen molar-refractivity contribution in [2.75, 3.05) is 23.7 Å². The summed E-state index contributed by atoms with van der Waals surface area (Å²) < 4.78 is 26.5. The number of benzene rings is 2. The van der Waals surface area contributed by atoms with E-state index >= 15 is 0 Å². The number of nitrogens with one attached hydrogen (secondary N) is 1. The lowest BCUT2D eigenvalue weighted by atomic mass is 9.97. The maximum Gasteiger partial charge on any atom is 0.240 e. The van der Waals surface area contributed by atoms with Crippen molar-refractivity contribution in [2.45, 2.75) is 26.7 Å². The molecule has 1 atom stereocenters. The van der Waals surface area contributed by atoms with Gasteiger partial charge in [-0.25, -0.2) is 8.42 Å². The third-order valence-electron chi connectivity index (χ3n) is 4.65. The van der Waals surface area contributed by atoms with Gasteiger partial charge in [-0.05, 0) is 48.6 Å². The molecule has 1 unspecified atom stereocenters. The van der Waals surface area contributed by atoms with Crippen LogP contribution in [0.1, 0.15) is 24.5 Å². The molecule has 0 saturated heterocycles. The molecule has 7 heteroatoms. The molecule has 0 aliphatic rings. The molecule has 152 valence electrons. The predicted molar refractivity (Wildman–Crippen MR) is 118 cm³/mol. The Balaban J connectivity index is 2.02. The molecule has 0 saturated carbocycles. The minimum Gasteiger partial charge on any atom is -0.354 e. The monoisotopic (exact) mass is 466 g/mol. The summed E-state index contributed by atoms with van der Waals surface area (Å²) in [5.41, 5.74) is 2.61. The number of hydrogen-bond donors (Lipinski definition) is 1. The second kappa shape index (κ2) is 10.1. The number of halogens is 1. The van der Waals surface area contributed by atoms with Gasteiger partial charge in [-0.3, -0.25) is 9.10 Å². The molecule has 2 aromatic rings. The Morgan fingerprint density at radius 1 is 1.18 bits per heavy atom. The Hall–Kier alpha value is -1.86. The summed E-state index contributed by atoms with van der Waals surface area (Å²) in [5, 5.41) is 2.90. The van der Waals surface area contributed by atoms with Crippen molar-refractivity contribution in [3.8, 4) is 0 Å². The summed E-state index contributed by atoms with van der Waals surface area (Å²) in [7, 11) is -3.58. The molecule has 28 heavy (non-hydrogen) atoms. The van der Waals surface area contributed by atoms with E-state index in [4.69, 9.17) is 0 Å². The minimum atomic E-state index is -3.58. The number of hydrogen-bond acceptors (Lipinski definition) is 3. The Morgan fingerprint density at radius 3 is 2.43 bits per heavy atom. The highest BCUT2D eigenvalue weighted by molar-refractivity contribution is 9.10. The van der Waals surface area contributed by atoms with Crippen LogP contribution in [0.2, 0.25) is 0 Å². The maximum absolute atomic E-state index is 12.5. The fraction of sp³-hybridized carbons (Fsp3) is 0.381. The third kappa shape index (κ3) is 6.63. The zero-order valence-corrected chi connectivity index (χ0v) is 18.9. The van der Waals surface area contributed by atoms with Crippen molar-refractivity contribution in [3.05, 3.63) is 64.1 Å². The lowest BCUT2D eigenvalue weighted by Crippen LogP contribution is -2.42. The van der Waals surface area contributed by atoms with Gasteiger partial charge in [0, 0.05) is 11.0 Å². The Labute approximate surface area is 176 Å². The SMILES string of the molecule is CCC(CNC(=O)CN(c1ccc(Br)c(C)c1)S(C)(=O)=O)Cc1ccccc1. The fourth-order valence-corrected chi connectivity index (χ4v) is 4.03. The van der Waals surface area contributed by atoms with E-state index in [1.165, 1.54) is 5.56 Å². The van der Waals surface area contributed by atoms with Crippen molar-refractivity contribution in [1.82, 2.24) is 5.32 Å². The molecule has 2 rings (SSSR count). The highest BCUT2D eigenvalue weighted by Crippen LogP contribution is 2.24. The van der Waals surface area contributed by atoms with Gasteiger partial charge in [-0.2, -0.15) is 0 Å². The van der Waals surface area contributed by atoms with Crippen LogP contribution in [-0.4, -0.2) is 33.7 Å². The first kappa shape index (κ1) is 22.4. The molecule has 2 aromatic carbocycles. The molecule has 0 aromatic heterocycles. The predicted octanol–water partition coefficient (Wildman–Crippen LogP) is 3.91. The summed E-state index contributed by atoms with van der Waals surface area (Å²) >= 11 is 3.41. The summed E-state index contributed by atoms with van der Waals surface area (Å²) in [6, 6.07) is 15.4. The van der Waals surface area contributed by atoms with Gasteiger partial charge < -0.3 is 5.32 Å². The zero-order chi connectivity index (χ0) is 20.7. The third-order valence-corrected chi connectivity index (χ3v) is 6.68. The number of aryl methyl sites for hydroxylation is 1. The smallest absolute Gasteiger partial charge is 0.240 e. The van der Waals surface area contributed by atoms with Crippen LogP contribution >= 0.6 is 15.9 Å². The Morgan fingerprint density at radius 2 is 1.86 bits per heavy atom. The van der Waals surface area contributed by atoms with E-state index in [0.29, 0.717) is 18.2 Å². The van der Waals surface area contributed by atoms with Crippen molar-refractivity contribution in [1.29, 1.82) is 0 Å². The molecule has 0 aliphatic heterocycles. The van der Waals surface area contributed by atoms with Crippen LogP contribution in [0.4, 0.5) is 5.69 Å². The summed E-state index contributed by atoms with van der Waals surface area (Å²) in [4.78, 5) is 12.5. The van der Waals surface area contributed by atoms with Crippen LogP contribution in [0.5, 0.6) is 0 Å². The van der Waals surface area contributed by atoms with Gasteiger partial charge in [0.2, 0.25) is 15.9 Å². The first-order valence-corrected chi connectivity index (χ1v) is 11.9. The van der Waals surface area contributed by atoms with E-state index in [-0.39, 0.29) is 12.5 Å². The molecule has 1 N–H and O–H groups in total. The number of nitrogens with zero attached hydrogens (tertiary/aromatic N) is 1. The van der Waals surface area contributed by atoms with Crippen LogP contribution < -0.4 is 9.62 Å². The van der Waals surface area contributed by atoms with Crippen LogP contribution in [0, 0.1) is 12.8 Å². The first-order chi connectivity index (χ1) is 13.2. The number of anilines is 1. The molecular formula is C21H27BrN2O3S. The largest absolute Gasteiger partial charge is 0.354 e. The number of sulfonamides is 1. The normalized spacial score (nSPS) is 12.4. The van der Waals surface area contributed by atoms with E-state index < -0.39 is 10.0 Å². The summed E-state index contributed by atoms with van der Waals surface area (Å²) in [5.74, 6) is -0.00883. The van der Waals surface area contributed by atoms with E-state index in [9.17, 15) is 13.2 Å². The average molecular weight is 467 g/mol. The number of carbonyl (C=O) groups excluding carboxylic acids is 1. The van der Waals surface area contributed by atoms with Gasteiger partial charge in [0.25, 0.3) is 0 Å². The number of carbonyl (C=O) groups is 1. The van der Waals surface area contributed by atoms with Gasteiger partial charge in [-0.1, -0.05) is 59.6 Å². The number of rotatable bonds is 9. The Kier molecular flexibility index (Phi) is 8.07. The summed E-state index contributed by atoms with van der Waals surface area (Å²) in [6.07, 6.45) is 2.91. The van der Waals surface area contributed by atoms with Gasteiger partial charge in [0.1, 0.15) is 6.54 Å². The zero-order valence-electron chi connectivity index (χ0n) is 16.5. The second-order valence-corrected chi connectivity index (χ2v) is 9.73. The highest BCUT2D eigenvalue weighted by Gasteiger charge is 2.21. The van der Waals surface area contributed by atoms with Gasteiger partial charge in [0.05, 0.1) is 11.9 Å². The molecule has 0 aliphatic carbocycles. The van der Waals surface area contributed by atoms with E-state index in [1.54, 1.807) is 18.2 Å². The fourth-order valence-electron chi connectivity index (χ4n) is 2.94. The quantitative estimate of drug-likeness (QED) is 0.608. The van der Waals surface area contributed by atoms with Crippen molar-refractivity contribution in [3.63, 3.8) is 0 Å². The Bertz CT molecular complexity index is 901. The van der Waals surface area contributed by atoms with Crippen molar-refractivity contribution in [2.24, 2.45) is 5.92 Å². The van der Waals surface area contributed by atoms with Crippen LogP contribution in [0.15, 0.2) is 53.0 Å². The number of amides is 1. The van der Waals surface area contributed by atoms with Crippen LogP contribution in [0.3, 0.4) is 0 Å². The standard InChI is InChI=1S/C21H27BrN2O3S/c1-4-17(13-18-8-6-5-7-9-18)14-23-21(25)15-24(28(3,26)27)19-10-11-20(22)16(2)12-19/h5-12,17H,4,13-15H2,1-3H3,(H,23,25). The van der Waals surface area contributed by atoms with Crippen LogP contribution in [0.25, 0.3) is 0 Å². The molecule has 0 bridgehead atoms. The second-order valence-electron chi connectivity index (χ2n) is 6.97. The molecule has 0 fully saturated rings. The van der Waals surface area contributed by atoms with E-state index in [2.05, 4.69) is 40.3 Å². The first-order valence-electron chi connectivity index (χ1n) is 9.25. The molecular weight excluding hydrogens is 440 g/mol. The summed E-state index contributed by atoms with van der Waals surface area (Å²) in [6.45, 7) is 4.25. The highest BCUT2D eigenvalue weighted by atomic mass is 79.9. The molecule has 0 heterocycles. The van der Waals surface area contributed by atoms with Crippen molar-refractivity contribution >= 4 is 37.5 Å². The molecule has 0 radical (unpaired) electrons. The lowest BCUT2D eigenvalue weighted by molar-refractivity contribution is -0.119. The van der Waals surface area contributed by atoms with Crippen molar-refractivity contribution < 1.29 is 13.2 Å². The molecule has 1 amide bonds. The minimum absolute atomic E-state index is 0.234. The molecule has 5 nitrogen and oxygen atoms in total. The maximum atomic E-state index is 12.5. The molecule has 0 spiro atoms. The lowest BCUT2D eigenvalue weighted by Gasteiger charge is -2.23. The van der Waals surface area contributed by atoms with Gasteiger partial charge in [-0.15, -0.1) is 0 Å². The van der Waals surface area contributed by atoms with Gasteiger partial charge >= 0.3 is 0 Å². The van der Waals surface area contributed by atoms with Crippen LogP contribution in [-0.2, 0) is 21.2 Å². The van der Waals surface area contributed by atoms with Gasteiger partial charge in [0.15, 0.2) is 0 Å². The van der Waals surface area contributed by atoms with E-state index in [0.717, 1.165) is 33.4 Å².